The molecule has 2 unspecified atom stereocenters. The van der Waals surface area contributed by atoms with Gasteiger partial charge in [-0.15, -0.1) is 0 Å². The first-order chi connectivity index (χ1) is 43.1. The summed E-state index contributed by atoms with van der Waals surface area (Å²) in [4.78, 5) is 78.9. The Kier molecular flexibility index (Phi) is 92.3. The average Bonchev–Trinajstić information content (AvgIpc) is 2.77. The number of allylic oxidation sites excluding steroid dienone is 5. The van der Waals surface area contributed by atoms with Crippen LogP contribution >= 0.6 is 32.7 Å². The molecule has 18 heteroatoms. The second-order valence-corrected chi connectivity index (χ2v) is 33.7. The zero-order chi connectivity index (χ0) is 77.8. The number of thioether (sulfide) groups is 1. The van der Waals surface area contributed by atoms with Gasteiger partial charge in [0, 0.05) is 99.7 Å². The number of rotatable bonds is 22. The number of carbonyl (C=O) groups is 7. The third-order valence-corrected chi connectivity index (χ3v) is 13.0. The molecule has 0 aliphatic carbocycles. The summed E-state index contributed by atoms with van der Waals surface area (Å²) in [6.07, 6.45) is 22.8. The topological polar surface area (TPSA) is 204 Å². The lowest BCUT2D eigenvalue weighted by atomic mass is 9.94. The van der Waals surface area contributed by atoms with Gasteiger partial charge in [-0.1, -0.05) is 214 Å². The van der Waals surface area contributed by atoms with Crippen molar-refractivity contribution >= 4 is 85.2 Å². The summed E-state index contributed by atoms with van der Waals surface area (Å²) < 4.78 is 13.5. The summed E-state index contributed by atoms with van der Waals surface area (Å²) in [5, 5.41) is 18.4. The maximum absolute atomic E-state index is 11.0. The molecule has 0 saturated heterocycles. The van der Waals surface area contributed by atoms with E-state index in [2.05, 4.69) is 181 Å². The van der Waals surface area contributed by atoms with E-state index in [1.807, 2.05) is 66.8 Å². The highest BCUT2D eigenvalue weighted by Crippen LogP contribution is 2.22. The predicted octanol–water partition coefficient (Wildman–Crippen LogP) is 19.3. The third kappa shape index (κ3) is 160. The summed E-state index contributed by atoms with van der Waals surface area (Å²) in [5.74, 6) is 15.0. The number of nitrogens with zero attached hydrogens (tertiary/aromatic N) is 5. The summed E-state index contributed by atoms with van der Waals surface area (Å²) in [6, 6.07) is 4.02. The van der Waals surface area contributed by atoms with Crippen LogP contribution in [0.4, 0.5) is 0 Å². The number of esters is 3. The van der Waals surface area contributed by atoms with Gasteiger partial charge >= 0.3 is 17.9 Å². The molecule has 0 spiro atoms. The van der Waals surface area contributed by atoms with Crippen molar-refractivity contribution in [2.45, 2.75) is 232 Å². The lowest BCUT2D eigenvalue weighted by Crippen LogP contribution is -2.27. The van der Waals surface area contributed by atoms with Gasteiger partial charge in [0.25, 0.3) is 0 Å². The van der Waals surface area contributed by atoms with Gasteiger partial charge in [0.15, 0.2) is 5.12 Å². The van der Waals surface area contributed by atoms with Crippen LogP contribution in [0.2, 0.25) is 0 Å². The standard InChI is InChI=1S/C9H17NO.C8H17NO.C8H18S.C7H15NO.C7H14O2.C7H12O2.C7H14S.C6H11N.C6H9N.C6H12O2.C6H12OS/c1-9(2,3)7-6-8(11)10(4)5;1-7(2)5-6-8(10)9(3)4;1-8(2,3)6-7-9(4)5;1-6(2)5-8(4)7(3)9;2*1-6(2)4-5-7(8)9-3;1-7(2)5-6-8(3)4;2*1-6(2)4-3-5-7;2*1-5(2)4-8-6(3)7/h6-7H,1-5H3;7H,5-6H2,1-4H3;4,6-7H2,1-3,5H3;6H,5H2,1-4H3;6H,4-5H2,1-3H3;4-6H,1-3H3;5-7H,3H2,1-2,4H3;6H,3-4H2,1-2H3;3-4,6H,1-2H3;2*5H,4H2,1-3H3/b7-6+;;;;;5-4+;6-5+;;4-3+;;. The number of carbonyl (C=O) groups excluding carboxylic acids is 7. The molecule has 15 nitrogen and oxygen atoms in total. The molecule has 0 radical (unpaired) electrons. The molecule has 0 aromatic heterocycles. The molecule has 0 aromatic rings. The van der Waals surface area contributed by atoms with E-state index < -0.39 is 0 Å². The predicted molar refractivity (Wildman–Crippen MR) is 423 cm³/mol. The van der Waals surface area contributed by atoms with Crippen molar-refractivity contribution in [2.24, 2.45) is 64.1 Å². The van der Waals surface area contributed by atoms with Crippen LogP contribution in [0.5, 0.6) is 0 Å². The molecule has 0 heterocycles. The summed E-state index contributed by atoms with van der Waals surface area (Å²) in [7, 11) is 12.3. The molecule has 562 valence electrons. The number of methoxy groups -OCH3 is 2. The van der Waals surface area contributed by atoms with E-state index >= 15 is 0 Å². The molecular weight excluding hydrogens is 1250 g/mol. The first-order valence-electron chi connectivity index (χ1n) is 33.5. The fourth-order valence-corrected chi connectivity index (χ4v) is 6.67. The smallest absolute Gasteiger partial charge is 0.330 e. The van der Waals surface area contributed by atoms with Gasteiger partial charge in [0.1, 0.15) is 0 Å². The molecule has 0 N–H and O–H groups in total. The maximum Gasteiger partial charge on any atom is 0.330 e. The lowest BCUT2D eigenvalue weighted by Gasteiger charge is -2.17. The van der Waals surface area contributed by atoms with Crippen LogP contribution < -0.4 is 0 Å². The fraction of sp³-hybridized carbons (Fsp3) is 0.753. The minimum atomic E-state index is -0.288. The number of hydrogen-bond donors (Lipinski definition) is 0. The Bertz CT molecular complexity index is 2110. The summed E-state index contributed by atoms with van der Waals surface area (Å²) >= 11 is 1.40. The van der Waals surface area contributed by atoms with Crippen LogP contribution in [0.25, 0.3) is 0 Å². The summed E-state index contributed by atoms with van der Waals surface area (Å²) in [6.45, 7) is 56.5. The first kappa shape index (κ1) is 114. The highest BCUT2D eigenvalue weighted by molar-refractivity contribution is 8.16. The second-order valence-electron chi connectivity index (χ2n) is 28.9. The van der Waals surface area contributed by atoms with Crippen molar-refractivity contribution in [2.75, 3.05) is 86.6 Å². The largest absolute Gasteiger partial charge is 0.469 e. The Morgan fingerprint density at radius 2 is 1.04 bits per heavy atom. The molecule has 0 fully saturated rings. The second kappa shape index (κ2) is 76.6. The Balaban J connectivity index is -0.0000000910. The zero-order valence-corrected chi connectivity index (χ0v) is 70.5. The van der Waals surface area contributed by atoms with E-state index in [0.29, 0.717) is 95.0 Å². The van der Waals surface area contributed by atoms with E-state index in [0.717, 1.165) is 31.6 Å². The van der Waals surface area contributed by atoms with E-state index in [-0.39, 0.29) is 56.6 Å². The maximum atomic E-state index is 11.0. The molecule has 3 amide bonds. The van der Waals surface area contributed by atoms with Crippen LogP contribution in [0.1, 0.15) is 232 Å². The molecule has 0 bridgehead atoms. The van der Waals surface area contributed by atoms with E-state index in [9.17, 15) is 33.6 Å². The average molecular weight is 1400 g/mol. The van der Waals surface area contributed by atoms with Crippen LogP contribution in [0.3, 0.4) is 0 Å². The molecule has 2 atom stereocenters. The minimum Gasteiger partial charge on any atom is -0.469 e. The van der Waals surface area contributed by atoms with E-state index in [1.54, 1.807) is 68.9 Å². The molecule has 95 heavy (non-hydrogen) atoms. The van der Waals surface area contributed by atoms with Gasteiger partial charge in [-0.2, -0.15) is 31.5 Å². The van der Waals surface area contributed by atoms with Gasteiger partial charge in [-0.25, -0.2) is 4.79 Å². The van der Waals surface area contributed by atoms with Crippen molar-refractivity contribution in [1.82, 2.24) is 14.7 Å². The van der Waals surface area contributed by atoms with Crippen molar-refractivity contribution in [3.05, 3.63) is 47.9 Å². The fourth-order valence-electron chi connectivity index (χ4n) is 4.56. The Morgan fingerprint density at radius 3 is 1.24 bits per heavy atom. The Morgan fingerprint density at radius 1 is 0.589 bits per heavy atom. The van der Waals surface area contributed by atoms with Crippen LogP contribution in [-0.2, 0) is 47.8 Å². The monoisotopic (exact) mass is 1400 g/mol. The first-order valence-corrected chi connectivity index (χ1v) is 38.3. The normalized spacial score (nSPS) is 11.1. The van der Waals surface area contributed by atoms with Crippen LogP contribution in [0, 0.1) is 86.8 Å². The van der Waals surface area contributed by atoms with Gasteiger partial charge in [0.2, 0.25) is 17.7 Å². The number of amides is 3. The molecule has 0 rings (SSSR count). The minimum absolute atomic E-state index is 0.0416. The van der Waals surface area contributed by atoms with E-state index in [1.165, 1.54) is 57.2 Å². The van der Waals surface area contributed by atoms with Crippen molar-refractivity contribution in [3.8, 4) is 12.1 Å². The lowest BCUT2D eigenvalue weighted by molar-refractivity contribution is -0.142. The number of hydrogen-bond acceptors (Lipinski definition) is 13. The summed E-state index contributed by atoms with van der Waals surface area (Å²) in [5.41, 5.74) is 0.588. The van der Waals surface area contributed by atoms with Gasteiger partial charge in [-0.3, -0.25) is 28.8 Å². The van der Waals surface area contributed by atoms with Gasteiger partial charge in [0.05, 0.1) is 33.0 Å². The Labute approximate surface area is 597 Å². The number of likely N-dealkylation sites (N-methyl/N-ethyl adjacent to an activating group) is 1. The molecule has 0 aliphatic heterocycles. The van der Waals surface area contributed by atoms with Crippen molar-refractivity contribution < 1.29 is 47.8 Å². The third-order valence-electron chi connectivity index (χ3n) is 10.3. The van der Waals surface area contributed by atoms with Gasteiger partial charge in [-0.05, 0) is 120 Å². The quantitative estimate of drug-likeness (QED) is 0.0326. The van der Waals surface area contributed by atoms with E-state index in [4.69, 9.17) is 10.5 Å². The van der Waals surface area contributed by atoms with Crippen LogP contribution in [-0.4, -0.2) is 154 Å². The molecule has 0 saturated carbocycles. The number of ether oxygens (including phenoxy) is 3. The zero-order valence-electron chi connectivity index (χ0n) is 68.1. The van der Waals surface area contributed by atoms with Crippen molar-refractivity contribution in [3.63, 3.8) is 0 Å². The molecule has 0 aliphatic rings. The number of nitriles is 2. The highest BCUT2D eigenvalue weighted by atomic mass is 32.2. The highest BCUT2D eigenvalue weighted by Gasteiger charge is 2.09. The molecular formula is C77H151N5O10S3. The molecule has 0 aromatic carbocycles. The van der Waals surface area contributed by atoms with Crippen LogP contribution in [0.15, 0.2) is 47.9 Å². The Hall–Kier alpha value is -4.78. The van der Waals surface area contributed by atoms with Gasteiger partial charge < -0.3 is 28.9 Å². The SMILES string of the molecule is C=S(C)/C=C/C(C)C.C=S(C)CCC(C)(C)C.CC(=O)N(C)CC(C)C.CC(=O)OCC(C)C.CC(=O)SCC(C)C.CC(C)/C=C/C#N.CC(C)CCC#N.CC(C)CCC(=O)N(C)C.CN(C)C(=O)/C=C/C(C)(C)C.COC(=O)/C=C/C(C)C.COC(=O)CCC(C)C. The van der Waals surface area contributed by atoms with Crippen molar-refractivity contribution in [1.29, 1.82) is 10.5 Å².